The third-order valence-corrected chi connectivity index (χ3v) is 3.89. The SMILES string of the molecule is CCN(CC1CCC1)C(=O)c1cc(F)c(F)cc1C(=O)O. The smallest absolute Gasteiger partial charge is 0.336 e. The Kier molecular flexibility index (Phi) is 4.55. The Morgan fingerprint density at radius 1 is 1.24 bits per heavy atom. The van der Waals surface area contributed by atoms with Crippen molar-refractivity contribution < 1.29 is 23.5 Å². The number of amides is 1. The molecule has 0 saturated heterocycles. The number of nitrogens with zero attached hydrogens (tertiary/aromatic N) is 1. The molecular weight excluding hydrogens is 280 g/mol. The van der Waals surface area contributed by atoms with Crippen LogP contribution in [-0.4, -0.2) is 35.0 Å². The Morgan fingerprint density at radius 2 is 1.81 bits per heavy atom. The van der Waals surface area contributed by atoms with E-state index in [1.165, 1.54) is 4.90 Å². The van der Waals surface area contributed by atoms with Crippen LogP contribution in [0.1, 0.15) is 46.9 Å². The van der Waals surface area contributed by atoms with Gasteiger partial charge in [-0.15, -0.1) is 0 Å². The van der Waals surface area contributed by atoms with Gasteiger partial charge in [0.15, 0.2) is 11.6 Å². The van der Waals surface area contributed by atoms with Gasteiger partial charge in [0.1, 0.15) is 0 Å². The van der Waals surface area contributed by atoms with Crippen molar-refractivity contribution in [3.05, 3.63) is 34.9 Å². The van der Waals surface area contributed by atoms with Gasteiger partial charge in [-0.3, -0.25) is 4.79 Å². The number of carboxylic acids is 1. The van der Waals surface area contributed by atoms with Crippen LogP contribution in [0, 0.1) is 17.6 Å². The number of benzene rings is 1. The molecule has 0 radical (unpaired) electrons. The van der Waals surface area contributed by atoms with Crippen molar-refractivity contribution in [2.24, 2.45) is 5.92 Å². The molecule has 0 spiro atoms. The Balaban J connectivity index is 2.31. The van der Waals surface area contributed by atoms with Crippen LogP contribution in [0.25, 0.3) is 0 Å². The fourth-order valence-electron chi connectivity index (χ4n) is 2.41. The normalized spacial score (nSPS) is 14.6. The van der Waals surface area contributed by atoms with Gasteiger partial charge in [-0.1, -0.05) is 6.42 Å². The summed E-state index contributed by atoms with van der Waals surface area (Å²) in [5, 5.41) is 9.06. The maximum atomic E-state index is 13.4. The number of halogens is 2. The number of carbonyl (C=O) groups is 2. The second-order valence-electron chi connectivity index (χ2n) is 5.26. The predicted molar refractivity (Wildman–Crippen MR) is 72.2 cm³/mol. The van der Waals surface area contributed by atoms with Crippen LogP contribution in [0.2, 0.25) is 0 Å². The standard InChI is InChI=1S/C15H17F2NO3/c1-2-18(8-9-4-3-5-9)14(19)10-6-12(16)13(17)7-11(10)15(20)21/h6-7,9H,2-5,8H2,1H3,(H,20,21). The Bertz CT molecular complexity index is 570. The Morgan fingerprint density at radius 3 is 2.24 bits per heavy atom. The molecule has 1 aromatic carbocycles. The Labute approximate surface area is 121 Å². The van der Waals surface area contributed by atoms with Gasteiger partial charge in [0.2, 0.25) is 0 Å². The zero-order valence-electron chi connectivity index (χ0n) is 11.7. The molecular formula is C15H17F2NO3. The number of carboxylic acid groups (broad SMARTS) is 1. The van der Waals surface area contributed by atoms with E-state index in [1.807, 2.05) is 0 Å². The van der Waals surface area contributed by atoms with Gasteiger partial charge in [0.25, 0.3) is 5.91 Å². The molecule has 0 aliphatic heterocycles. The van der Waals surface area contributed by atoms with E-state index in [4.69, 9.17) is 5.11 Å². The van der Waals surface area contributed by atoms with Gasteiger partial charge in [0, 0.05) is 13.1 Å². The van der Waals surface area contributed by atoms with E-state index in [2.05, 4.69) is 0 Å². The lowest BCUT2D eigenvalue weighted by atomic mass is 9.85. The van der Waals surface area contributed by atoms with Crippen molar-refractivity contribution in [3.63, 3.8) is 0 Å². The fraction of sp³-hybridized carbons (Fsp3) is 0.467. The summed E-state index contributed by atoms with van der Waals surface area (Å²) in [4.78, 5) is 25.0. The maximum absolute atomic E-state index is 13.4. The molecule has 21 heavy (non-hydrogen) atoms. The van der Waals surface area contributed by atoms with Crippen LogP contribution >= 0.6 is 0 Å². The molecule has 0 unspecified atom stereocenters. The van der Waals surface area contributed by atoms with Crippen LogP contribution in [0.5, 0.6) is 0 Å². The molecule has 1 aliphatic rings. The molecule has 0 aromatic heterocycles. The zero-order valence-corrected chi connectivity index (χ0v) is 11.7. The van der Waals surface area contributed by atoms with Crippen LogP contribution in [0.4, 0.5) is 8.78 Å². The molecule has 2 rings (SSSR count). The summed E-state index contributed by atoms with van der Waals surface area (Å²) in [6.07, 6.45) is 3.20. The van der Waals surface area contributed by atoms with Crippen molar-refractivity contribution in [1.82, 2.24) is 4.90 Å². The average Bonchev–Trinajstić information content (AvgIpc) is 2.39. The van der Waals surface area contributed by atoms with Gasteiger partial charge in [-0.05, 0) is 37.8 Å². The summed E-state index contributed by atoms with van der Waals surface area (Å²) in [6.45, 7) is 2.69. The molecule has 114 valence electrons. The van der Waals surface area contributed by atoms with Crippen molar-refractivity contribution >= 4 is 11.9 Å². The van der Waals surface area contributed by atoms with Crippen LogP contribution in [-0.2, 0) is 0 Å². The average molecular weight is 297 g/mol. The minimum atomic E-state index is -1.45. The highest BCUT2D eigenvalue weighted by Gasteiger charge is 2.27. The molecule has 0 bridgehead atoms. The first kappa shape index (κ1) is 15.4. The van der Waals surface area contributed by atoms with Crippen molar-refractivity contribution in [1.29, 1.82) is 0 Å². The second-order valence-corrected chi connectivity index (χ2v) is 5.26. The van der Waals surface area contributed by atoms with Crippen molar-refractivity contribution in [2.75, 3.05) is 13.1 Å². The fourth-order valence-corrected chi connectivity index (χ4v) is 2.41. The highest BCUT2D eigenvalue weighted by atomic mass is 19.2. The molecule has 1 amide bonds. The number of hydrogen-bond acceptors (Lipinski definition) is 2. The predicted octanol–water partition coefficient (Wildman–Crippen LogP) is 2.93. The lowest BCUT2D eigenvalue weighted by molar-refractivity contribution is 0.0658. The van der Waals surface area contributed by atoms with E-state index in [1.54, 1.807) is 6.92 Å². The van der Waals surface area contributed by atoms with Crippen LogP contribution in [0.15, 0.2) is 12.1 Å². The molecule has 1 N–H and O–H groups in total. The first-order valence-corrected chi connectivity index (χ1v) is 6.95. The lowest BCUT2D eigenvalue weighted by Gasteiger charge is -2.32. The summed E-state index contributed by atoms with van der Waals surface area (Å²) in [6, 6.07) is 1.23. The molecule has 6 heteroatoms. The van der Waals surface area contributed by atoms with Gasteiger partial charge in [0.05, 0.1) is 11.1 Å². The minimum absolute atomic E-state index is 0.303. The third kappa shape index (κ3) is 3.20. The van der Waals surface area contributed by atoms with Crippen LogP contribution in [0.3, 0.4) is 0 Å². The number of carbonyl (C=O) groups excluding carboxylic acids is 1. The second kappa shape index (κ2) is 6.20. The highest BCUT2D eigenvalue weighted by molar-refractivity contribution is 6.04. The summed E-state index contributed by atoms with van der Waals surface area (Å²) in [5.41, 5.74) is -0.812. The number of rotatable bonds is 5. The van der Waals surface area contributed by atoms with Gasteiger partial charge < -0.3 is 10.0 Å². The minimum Gasteiger partial charge on any atom is -0.478 e. The van der Waals surface area contributed by atoms with Gasteiger partial charge in [-0.2, -0.15) is 0 Å². The lowest BCUT2D eigenvalue weighted by Crippen LogP contribution is -2.38. The van der Waals surface area contributed by atoms with Gasteiger partial charge in [-0.25, -0.2) is 13.6 Å². The van der Waals surface area contributed by atoms with E-state index in [9.17, 15) is 18.4 Å². The largest absolute Gasteiger partial charge is 0.478 e. The van der Waals surface area contributed by atoms with Crippen molar-refractivity contribution in [3.8, 4) is 0 Å². The van der Waals surface area contributed by atoms with E-state index in [-0.39, 0.29) is 5.56 Å². The van der Waals surface area contributed by atoms with Gasteiger partial charge >= 0.3 is 5.97 Å². The van der Waals surface area contributed by atoms with E-state index >= 15 is 0 Å². The molecule has 1 saturated carbocycles. The highest BCUT2D eigenvalue weighted by Crippen LogP contribution is 2.28. The third-order valence-electron chi connectivity index (χ3n) is 3.89. The molecule has 1 fully saturated rings. The number of hydrogen-bond donors (Lipinski definition) is 1. The molecule has 4 nitrogen and oxygen atoms in total. The topological polar surface area (TPSA) is 57.6 Å². The molecule has 0 heterocycles. The zero-order chi connectivity index (χ0) is 15.6. The quantitative estimate of drug-likeness (QED) is 0.909. The molecule has 1 aromatic rings. The summed E-state index contributed by atoms with van der Waals surface area (Å²) in [5.74, 6) is -4.10. The maximum Gasteiger partial charge on any atom is 0.336 e. The molecule has 0 atom stereocenters. The first-order valence-electron chi connectivity index (χ1n) is 6.95. The molecule has 1 aliphatic carbocycles. The summed E-state index contributed by atoms with van der Waals surface area (Å²) >= 11 is 0. The Hall–Kier alpha value is -1.98. The summed E-state index contributed by atoms with van der Waals surface area (Å²) in [7, 11) is 0. The van der Waals surface area contributed by atoms with E-state index in [0.29, 0.717) is 31.1 Å². The van der Waals surface area contributed by atoms with E-state index in [0.717, 1.165) is 19.3 Å². The number of aromatic carboxylic acids is 1. The van der Waals surface area contributed by atoms with E-state index < -0.39 is 29.1 Å². The van der Waals surface area contributed by atoms with Crippen molar-refractivity contribution in [2.45, 2.75) is 26.2 Å². The monoisotopic (exact) mass is 297 g/mol. The summed E-state index contributed by atoms with van der Waals surface area (Å²) < 4.78 is 26.5. The van der Waals surface area contributed by atoms with Crippen LogP contribution < -0.4 is 0 Å². The first-order chi connectivity index (χ1) is 9.93.